The van der Waals surface area contributed by atoms with E-state index in [4.69, 9.17) is 0 Å². The lowest BCUT2D eigenvalue weighted by atomic mass is 9.78. The molecule has 3 rings (SSSR count). The van der Waals surface area contributed by atoms with Gasteiger partial charge in [-0.1, -0.05) is 19.8 Å². The number of halogens is 1. The first kappa shape index (κ1) is 11.6. The summed E-state index contributed by atoms with van der Waals surface area (Å²) in [7, 11) is 0. The molecule has 1 aromatic heterocycles. The second kappa shape index (κ2) is 4.68. The van der Waals surface area contributed by atoms with Crippen molar-refractivity contribution >= 4 is 10.9 Å². The lowest BCUT2D eigenvalue weighted by Crippen LogP contribution is -2.11. The van der Waals surface area contributed by atoms with Crippen molar-refractivity contribution in [3.05, 3.63) is 41.8 Å². The normalized spacial score (nSPS) is 24.3. The fourth-order valence-electron chi connectivity index (χ4n) is 3.07. The fourth-order valence-corrected chi connectivity index (χ4v) is 3.07. The molecule has 1 nitrogen and oxygen atoms in total. The van der Waals surface area contributed by atoms with E-state index in [1.165, 1.54) is 37.3 Å². The molecule has 1 aliphatic carbocycles. The minimum Gasteiger partial charge on any atom is -0.256 e. The number of rotatable bonds is 1. The minimum atomic E-state index is -0.166. The third-order valence-electron chi connectivity index (χ3n) is 4.19. The molecule has 0 atom stereocenters. The van der Waals surface area contributed by atoms with Crippen LogP contribution in [-0.2, 0) is 0 Å². The van der Waals surface area contributed by atoms with Crippen LogP contribution in [0.1, 0.15) is 44.1 Å². The lowest BCUT2D eigenvalue weighted by Gasteiger charge is -2.27. The zero-order valence-corrected chi connectivity index (χ0v) is 10.7. The van der Waals surface area contributed by atoms with Gasteiger partial charge in [0.25, 0.3) is 0 Å². The predicted octanol–water partition coefficient (Wildman–Crippen LogP) is 4.67. The average molecular weight is 243 g/mol. The Morgan fingerprint density at radius 1 is 1.11 bits per heavy atom. The van der Waals surface area contributed by atoms with Crippen molar-refractivity contribution < 1.29 is 4.39 Å². The maximum atomic E-state index is 13.4. The Bertz CT molecular complexity index is 556. The van der Waals surface area contributed by atoms with Gasteiger partial charge in [0, 0.05) is 11.6 Å². The number of nitrogens with zero attached hydrogens (tertiary/aromatic N) is 1. The molecule has 1 aromatic carbocycles. The number of pyridine rings is 1. The Hall–Kier alpha value is -1.44. The molecule has 1 saturated carbocycles. The summed E-state index contributed by atoms with van der Waals surface area (Å²) in [5, 5.41) is 0.997. The fraction of sp³-hybridized carbons (Fsp3) is 0.438. The van der Waals surface area contributed by atoms with E-state index in [-0.39, 0.29) is 5.82 Å². The monoisotopic (exact) mass is 243 g/mol. The molecule has 0 saturated heterocycles. The summed E-state index contributed by atoms with van der Waals surface area (Å²) in [4.78, 5) is 4.33. The highest BCUT2D eigenvalue weighted by atomic mass is 19.1. The topological polar surface area (TPSA) is 12.9 Å². The molecule has 0 radical (unpaired) electrons. The van der Waals surface area contributed by atoms with Crippen LogP contribution < -0.4 is 0 Å². The summed E-state index contributed by atoms with van der Waals surface area (Å²) < 4.78 is 13.4. The van der Waals surface area contributed by atoms with Crippen molar-refractivity contribution in [3.63, 3.8) is 0 Å². The van der Waals surface area contributed by atoms with Crippen molar-refractivity contribution in [1.82, 2.24) is 4.98 Å². The first-order chi connectivity index (χ1) is 8.74. The van der Waals surface area contributed by atoms with Crippen LogP contribution in [0.3, 0.4) is 0 Å². The van der Waals surface area contributed by atoms with Gasteiger partial charge in [-0.25, -0.2) is 4.39 Å². The van der Waals surface area contributed by atoms with Crippen LogP contribution in [0.25, 0.3) is 10.9 Å². The summed E-state index contributed by atoms with van der Waals surface area (Å²) in [5.74, 6) is 1.25. The van der Waals surface area contributed by atoms with Gasteiger partial charge in [0.15, 0.2) is 0 Å². The first-order valence-electron chi connectivity index (χ1n) is 6.78. The molecule has 1 aliphatic rings. The molecule has 18 heavy (non-hydrogen) atoms. The van der Waals surface area contributed by atoms with E-state index in [1.807, 2.05) is 6.20 Å². The largest absolute Gasteiger partial charge is 0.256 e. The van der Waals surface area contributed by atoms with Crippen LogP contribution in [0.15, 0.2) is 30.5 Å². The third-order valence-corrected chi connectivity index (χ3v) is 4.19. The molecule has 0 unspecified atom stereocenters. The highest BCUT2D eigenvalue weighted by Gasteiger charge is 2.21. The third kappa shape index (κ3) is 2.12. The maximum absolute atomic E-state index is 13.4. The lowest BCUT2D eigenvalue weighted by molar-refractivity contribution is 0.349. The second-order valence-corrected chi connectivity index (χ2v) is 5.52. The van der Waals surface area contributed by atoms with Crippen molar-refractivity contribution in [2.24, 2.45) is 5.92 Å². The van der Waals surface area contributed by atoms with Crippen LogP contribution in [0.5, 0.6) is 0 Å². The van der Waals surface area contributed by atoms with E-state index in [0.29, 0.717) is 5.92 Å². The molecule has 0 N–H and O–H groups in total. The molecule has 0 aliphatic heterocycles. The van der Waals surface area contributed by atoms with Gasteiger partial charge in [-0.3, -0.25) is 4.98 Å². The summed E-state index contributed by atoms with van der Waals surface area (Å²) in [5.41, 5.74) is 2.19. The summed E-state index contributed by atoms with van der Waals surface area (Å²) >= 11 is 0. The quantitative estimate of drug-likeness (QED) is 0.709. The van der Waals surface area contributed by atoms with Crippen LogP contribution in [-0.4, -0.2) is 4.98 Å². The number of aromatic nitrogens is 1. The van der Waals surface area contributed by atoms with Gasteiger partial charge in [-0.15, -0.1) is 0 Å². The average Bonchev–Trinajstić information content (AvgIpc) is 2.39. The van der Waals surface area contributed by atoms with E-state index in [0.717, 1.165) is 16.8 Å². The highest BCUT2D eigenvalue weighted by molar-refractivity contribution is 5.82. The number of fused-ring (bicyclic) bond motifs is 1. The molecular weight excluding hydrogens is 225 g/mol. The van der Waals surface area contributed by atoms with Crippen molar-refractivity contribution in [2.75, 3.05) is 0 Å². The van der Waals surface area contributed by atoms with Gasteiger partial charge >= 0.3 is 0 Å². The Kier molecular flexibility index (Phi) is 3.02. The van der Waals surface area contributed by atoms with E-state index in [9.17, 15) is 4.39 Å². The van der Waals surface area contributed by atoms with Gasteiger partial charge in [0.1, 0.15) is 5.82 Å². The Morgan fingerprint density at radius 3 is 2.67 bits per heavy atom. The Labute approximate surface area is 107 Å². The SMILES string of the molecule is CC1CCC(c2ccnc3ccc(F)cc23)CC1. The van der Waals surface area contributed by atoms with Crippen LogP contribution >= 0.6 is 0 Å². The minimum absolute atomic E-state index is 0.166. The van der Waals surface area contributed by atoms with E-state index >= 15 is 0 Å². The van der Waals surface area contributed by atoms with Crippen molar-refractivity contribution in [1.29, 1.82) is 0 Å². The Morgan fingerprint density at radius 2 is 1.89 bits per heavy atom. The Balaban J connectivity index is 2.03. The molecule has 0 spiro atoms. The van der Waals surface area contributed by atoms with E-state index in [1.54, 1.807) is 12.1 Å². The molecule has 2 aromatic rings. The number of benzene rings is 1. The molecular formula is C16H18FN. The zero-order chi connectivity index (χ0) is 12.5. The molecule has 0 bridgehead atoms. The molecule has 1 heterocycles. The van der Waals surface area contributed by atoms with Gasteiger partial charge in [-0.2, -0.15) is 0 Å². The maximum Gasteiger partial charge on any atom is 0.123 e. The standard InChI is InChI=1S/C16H18FN/c1-11-2-4-12(5-3-11)14-8-9-18-16-7-6-13(17)10-15(14)16/h6-12H,2-5H2,1H3. The van der Waals surface area contributed by atoms with Gasteiger partial charge in [0.2, 0.25) is 0 Å². The smallest absolute Gasteiger partial charge is 0.123 e. The zero-order valence-electron chi connectivity index (χ0n) is 10.7. The van der Waals surface area contributed by atoms with Gasteiger partial charge < -0.3 is 0 Å². The molecule has 94 valence electrons. The summed E-state index contributed by atoms with van der Waals surface area (Å²) in [6, 6.07) is 6.97. The van der Waals surface area contributed by atoms with Crippen molar-refractivity contribution in [3.8, 4) is 0 Å². The highest BCUT2D eigenvalue weighted by Crippen LogP contribution is 2.38. The molecule has 1 fully saturated rings. The van der Waals surface area contributed by atoms with E-state index < -0.39 is 0 Å². The summed E-state index contributed by atoms with van der Waals surface area (Å²) in [6.45, 7) is 2.32. The molecule has 0 amide bonds. The second-order valence-electron chi connectivity index (χ2n) is 5.52. The number of hydrogen-bond donors (Lipinski definition) is 0. The predicted molar refractivity (Wildman–Crippen MR) is 72.1 cm³/mol. The summed E-state index contributed by atoms with van der Waals surface area (Å²) in [6.07, 6.45) is 6.86. The van der Waals surface area contributed by atoms with Crippen LogP contribution in [0.4, 0.5) is 4.39 Å². The van der Waals surface area contributed by atoms with Crippen LogP contribution in [0.2, 0.25) is 0 Å². The van der Waals surface area contributed by atoms with Crippen molar-refractivity contribution in [2.45, 2.75) is 38.5 Å². The number of hydrogen-bond acceptors (Lipinski definition) is 1. The first-order valence-corrected chi connectivity index (χ1v) is 6.78. The van der Waals surface area contributed by atoms with Gasteiger partial charge in [-0.05, 0) is 54.5 Å². The van der Waals surface area contributed by atoms with Gasteiger partial charge in [0.05, 0.1) is 5.52 Å². The van der Waals surface area contributed by atoms with Crippen LogP contribution in [0, 0.1) is 11.7 Å². The molecule has 2 heteroatoms. The van der Waals surface area contributed by atoms with E-state index in [2.05, 4.69) is 18.0 Å².